The van der Waals surface area contributed by atoms with E-state index in [0.717, 1.165) is 24.8 Å². The number of hydrogen-bond donors (Lipinski definition) is 1. The number of amides is 1. The van der Waals surface area contributed by atoms with Crippen LogP contribution in [0.2, 0.25) is 5.02 Å². The summed E-state index contributed by atoms with van der Waals surface area (Å²) in [5.41, 5.74) is 0.598. The predicted molar refractivity (Wildman–Crippen MR) is 96.1 cm³/mol. The highest BCUT2D eigenvalue weighted by atomic mass is 35.5. The van der Waals surface area contributed by atoms with E-state index in [1.165, 1.54) is 23.8 Å². The number of hydrogen-bond acceptors (Lipinski definition) is 4. The first-order valence-corrected chi connectivity index (χ1v) is 9.13. The minimum atomic E-state index is -5.05. The maximum Gasteiger partial charge on any atom is 0.471 e. The molecule has 2 aromatic rings. The zero-order chi connectivity index (χ0) is 21.2. The Bertz CT molecular complexity index is 928. The van der Waals surface area contributed by atoms with Gasteiger partial charge in [-0.1, -0.05) is 24.1 Å². The first-order chi connectivity index (χ1) is 13.6. The Hall–Kier alpha value is -2.55. The summed E-state index contributed by atoms with van der Waals surface area (Å²) in [7, 11) is 0. The highest BCUT2D eigenvalue weighted by Crippen LogP contribution is 2.46. The molecule has 1 aliphatic carbocycles. The third-order valence-corrected chi connectivity index (χ3v) is 5.32. The first kappa shape index (κ1) is 21.2. The fourth-order valence-corrected chi connectivity index (χ4v) is 3.43. The topological polar surface area (TPSA) is 72.0 Å². The van der Waals surface area contributed by atoms with E-state index >= 15 is 0 Å². The second-order valence-corrected chi connectivity index (χ2v) is 7.34. The van der Waals surface area contributed by atoms with Crippen molar-refractivity contribution in [2.75, 3.05) is 6.54 Å². The van der Waals surface area contributed by atoms with Crippen LogP contribution >= 0.6 is 11.6 Å². The maximum absolute atomic E-state index is 13.5. The van der Waals surface area contributed by atoms with Gasteiger partial charge in [0.05, 0.1) is 17.1 Å². The zero-order valence-corrected chi connectivity index (χ0v) is 15.8. The standard InChI is InChI=1S/C19H16ClF4N3O2/c20-13-6-12(2-3-14(13)21)18(4-1-5-18)7-16-25-8-11(9-26-16)15(28)10-27-17(29)19(22,23)24/h2-3,6,8-9H,1,4-5,7,10H2,(H,27,29). The molecule has 1 heterocycles. The summed E-state index contributed by atoms with van der Waals surface area (Å²) >= 11 is 5.90. The third kappa shape index (κ3) is 4.72. The minimum absolute atomic E-state index is 0.0105. The van der Waals surface area contributed by atoms with Crippen molar-refractivity contribution in [2.45, 2.75) is 37.3 Å². The van der Waals surface area contributed by atoms with Crippen molar-refractivity contribution in [3.63, 3.8) is 0 Å². The summed E-state index contributed by atoms with van der Waals surface area (Å²) < 4.78 is 49.9. The number of rotatable bonds is 6. The normalized spacial score (nSPS) is 15.5. The van der Waals surface area contributed by atoms with Crippen LogP contribution in [-0.4, -0.2) is 34.4 Å². The van der Waals surface area contributed by atoms with Crippen LogP contribution in [0.5, 0.6) is 0 Å². The van der Waals surface area contributed by atoms with Crippen LogP contribution in [0.1, 0.15) is 41.0 Å². The third-order valence-electron chi connectivity index (χ3n) is 5.03. The van der Waals surface area contributed by atoms with Crippen LogP contribution in [-0.2, 0) is 16.6 Å². The number of aromatic nitrogens is 2. The van der Waals surface area contributed by atoms with Crippen LogP contribution in [0.4, 0.5) is 17.6 Å². The van der Waals surface area contributed by atoms with Crippen LogP contribution in [0.3, 0.4) is 0 Å². The molecular weight excluding hydrogens is 414 g/mol. The molecule has 0 spiro atoms. The van der Waals surface area contributed by atoms with E-state index in [4.69, 9.17) is 11.6 Å². The van der Waals surface area contributed by atoms with Gasteiger partial charge in [0, 0.05) is 24.2 Å². The molecule has 0 radical (unpaired) electrons. The molecule has 0 unspecified atom stereocenters. The van der Waals surface area contributed by atoms with Gasteiger partial charge in [0.2, 0.25) is 0 Å². The predicted octanol–water partition coefficient (Wildman–Crippen LogP) is 3.79. The van der Waals surface area contributed by atoms with E-state index in [1.807, 2.05) is 0 Å². The molecule has 0 bridgehead atoms. The summed E-state index contributed by atoms with van der Waals surface area (Å²) in [6.45, 7) is -0.806. The van der Waals surface area contributed by atoms with Gasteiger partial charge >= 0.3 is 12.1 Å². The van der Waals surface area contributed by atoms with E-state index in [2.05, 4.69) is 9.97 Å². The number of carbonyl (C=O) groups excluding carboxylic acids is 2. The lowest BCUT2D eigenvalue weighted by Crippen LogP contribution is -2.39. The highest BCUT2D eigenvalue weighted by Gasteiger charge is 2.40. The smallest absolute Gasteiger partial charge is 0.341 e. The molecule has 1 saturated carbocycles. The van der Waals surface area contributed by atoms with Crippen molar-refractivity contribution in [1.29, 1.82) is 0 Å². The summed E-state index contributed by atoms with van der Waals surface area (Å²) in [6.07, 6.45) is 0.521. The maximum atomic E-state index is 13.5. The largest absolute Gasteiger partial charge is 0.471 e. The lowest BCUT2D eigenvalue weighted by Gasteiger charge is -2.42. The molecule has 0 atom stereocenters. The number of nitrogens with zero attached hydrogens (tertiary/aromatic N) is 2. The Kier molecular flexibility index (Phi) is 5.88. The van der Waals surface area contributed by atoms with E-state index in [9.17, 15) is 27.2 Å². The minimum Gasteiger partial charge on any atom is -0.341 e. The Morgan fingerprint density at radius 2 is 1.83 bits per heavy atom. The van der Waals surface area contributed by atoms with Gasteiger partial charge in [-0.15, -0.1) is 0 Å². The van der Waals surface area contributed by atoms with Crippen molar-refractivity contribution >= 4 is 23.3 Å². The molecule has 29 heavy (non-hydrogen) atoms. The van der Waals surface area contributed by atoms with Crippen LogP contribution in [0.25, 0.3) is 0 Å². The molecule has 1 amide bonds. The lowest BCUT2D eigenvalue weighted by molar-refractivity contribution is -0.173. The van der Waals surface area contributed by atoms with E-state index in [0.29, 0.717) is 12.2 Å². The average Bonchev–Trinajstić information content (AvgIpc) is 2.64. The fraction of sp³-hybridized carbons (Fsp3) is 0.368. The Labute approximate surface area is 168 Å². The molecular formula is C19H16ClF4N3O2. The van der Waals surface area contributed by atoms with Crippen LogP contribution < -0.4 is 5.32 Å². The van der Waals surface area contributed by atoms with Gasteiger partial charge in [0.15, 0.2) is 5.78 Å². The lowest BCUT2D eigenvalue weighted by atomic mass is 9.62. The summed E-state index contributed by atoms with van der Waals surface area (Å²) in [5, 5.41) is 1.55. The van der Waals surface area contributed by atoms with Gasteiger partial charge in [-0.05, 0) is 30.5 Å². The number of nitrogens with one attached hydrogen (secondary N) is 1. The number of Topliss-reactive ketones (excluding diaryl/α,β-unsaturated/α-hetero) is 1. The van der Waals surface area contributed by atoms with Gasteiger partial charge in [-0.3, -0.25) is 9.59 Å². The fourth-order valence-electron chi connectivity index (χ4n) is 3.25. The van der Waals surface area contributed by atoms with Crippen LogP contribution in [0.15, 0.2) is 30.6 Å². The van der Waals surface area contributed by atoms with Gasteiger partial charge in [0.1, 0.15) is 11.6 Å². The van der Waals surface area contributed by atoms with Crippen molar-refractivity contribution in [2.24, 2.45) is 0 Å². The summed E-state index contributed by atoms with van der Waals surface area (Å²) in [6, 6.07) is 4.59. The van der Waals surface area contributed by atoms with E-state index < -0.39 is 30.2 Å². The number of halogens is 5. The number of carbonyl (C=O) groups is 2. The summed E-state index contributed by atoms with van der Waals surface area (Å²) in [4.78, 5) is 31.0. The van der Waals surface area contributed by atoms with Crippen LogP contribution in [0, 0.1) is 5.82 Å². The highest BCUT2D eigenvalue weighted by molar-refractivity contribution is 6.30. The molecule has 0 saturated heterocycles. The van der Waals surface area contributed by atoms with Gasteiger partial charge in [0.25, 0.3) is 0 Å². The quantitative estimate of drug-likeness (QED) is 0.560. The first-order valence-electron chi connectivity index (χ1n) is 8.75. The Morgan fingerprint density at radius 3 is 2.34 bits per heavy atom. The molecule has 5 nitrogen and oxygen atoms in total. The summed E-state index contributed by atoms with van der Waals surface area (Å²) in [5.74, 6) is -2.98. The molecule has 3 rings (SSSR count). The van der Waals surface area contributed by atoms with Crippen molar-refractivity contribution < 1.29 is 27.2 Å². The second kappa shape index (κ2) is 8.06. The van der Waals surface area contributed by atoms with E-state index in [1.54, 1.807) is 12.1 Å². The molecule has 1 N–H and O–H groups in total. The Balaban J connectivity index is 1.67. The molecule has 1 aliphatic rings. The van der Waals surface area contributed by atoms with Gasteiger partial charge in [-0.25, -0.2) is 14.4 Å². The second-order valence-electron chi connectivity index (χ2n) is 6.93. The Morgan fingerprint density at radius 1 is 1.17 bits per heavy atom. The average molecular weight is 430 g/mol. The molecule has 10 heteroatoms. The van der Waals surface area contributed by atoms with Crippen molar-refractivity contribution in [3.05, 3.63) is 58.4 Å². The monoisotopic (exact) mass is 429 g/mol. The van der Waals surface area contributed by atoms with Gasteiger partial charge in [-0.2, -0.15) is 13.2 Å². The number of alkyl halides is 3. The zero-order valence-electron chi connectivity index (χ0n) is 15.0. The van der Waals surface area contributed by atoms with E-state index in [-0.39, 0.29) is 16.0 Å². The molecule has 0 aliphatic heterocycles. The molecule has 1 aromatic heterocycles. The molecule has 1 aromatic carbocycles. The number of ketones is 1. The molecule has 1 fully saturated rings. The number of benzene rings is 1. The van der Waals surface area contributed by atoms with Gasteiger partial charge < -0.3 is 5.32 Å². The molecule has 154 valence electrons. The SMILES string of the molecule is O=C(CNC(=O)C(F)(F)F)c1cnc(CC2(c3ccc(F)c(Cl)c3)CCC2)nc1. The van der Waals surface area contributed by atoms with Crippen molar-refractivity contribution in [1.82, 2.24) is 15.3 Å². The van der Waals surface area contributed by atoms with Crippen molar-refractivity contribution in [3.8, 4) is 0 Å².